The van der Waals surface area contributed by atoms with Gasteiger partial charge in [-0.15, -0.1) is 0 Å². The van der Waals surface area contributed by atoms with E-state index in [2.05, 4.69) is 0 Å². The van der Waals surface area contributed by atoms with Crippen LogP contribution in [0.25, 0.3) is 0 Å². The van der Waals surface area contributed by atoms with Crippen LogP contribution in [0.1, 0.15) is 0 Å². The maximum atomic E-state index is 9.75. The molecule has 0 spiro atoms. The number of rotatable bonds is 4. The van der Waals surface area contributed by atoms with Gasteiger partial charge in [0.15, 0.2) is 0 Å². The Morgan fingerprint density at radius 1 is 1.38 bits per heavy atom. The molecule has 0 radical (unpaired) electrons. The van der Waals surface area contributed by atoms with Crippen LogP contribution in [0.4, 0.5) is 0 Å². The molecular formula is C8H17BO4. The molecule has 1 heterocycles. The van der Waals surface area contributed by atoms with Crippen molar-refractivity contribution in [3.63, 3.8) is 0 Å². The van der Waals surface area contributed by atoms with Crippen molar-refractivity contribution in [3.05, 3.63) is 0 Å². The smallest absolute Gasteiger partial charge is 0.111 e. The van der Waals surface area contributed by atoms with Crippen LogP contribution < -0.4 is 0 Å². The molecule has 4 atom stereocenters. The van der Waals surface area contributed by atoms with Gasteiger partial charge in [-0.2, -0.15) is 0 Å². The molecule has 5 heteroatoms. The molecular weight excluding hydrogens is 171 g/mol. The summed E-state index contributed by atoms with van der Waals surface area (Å²) in [6, 6.07) is 0. The lowest BCUT2D eigenvalue weighted by Gasteiger charge is -2.16. The van der Waals surface area contributed by atoms with E-state index in [0.717, 1.165) is 6.32 Å². The van der Waals surface area contributed by atoms with E-state index in [-0.39, 0.29) is 18.3 Å². The molecule has 1 N–H and O–H groups in total. The Hall–Kier alpha value is -0.0951. The number of ether oxygens (including phenoxy) is 3. The number of aliphatic hydroxyl groups excluding tert-OH is 1. The summed E-state index contributed by atoms with van der Waals surface area (Å²) in [5.41, 5.74) is 0. The monoisotopic (exact) mass is 188 g/mol. The van der Waals surface area contributed by atoms with E-state index in [0.29, 0.717) is 6.61 Å². The summed E-state index contributed by atoms with van der Waals surface area (Å²) >= 11 is 0. The van der Waals surface area contributed by atoms with Crippen molar-refractivity contribution >= 4 is 7.85 Å². The molecule has 1 rings (SSSR count). The molecule has 0 aromatic carbocycles. The van der Waals surface area contributed by atoms with Crippen molar-refractivity contribution in [2.24, 2.45) is 0 Å². The van der Waals surface area contributed by atoms with Gasteiger partial charge in [-0.3, -0.25) is 0 Å². The summed E-state index contributed by atoms with van der Waals surface area (Å²) in [4.78, 5) is 0. The summed E-state index contributed by atoms with van der Waals surface area (Å²) in [6.45, 7) is 0.414. The first-order valence-corrected chi connectivity index (χ1v) is 4.59. The fourth-order valence-corrected chi connectivity index (χ4v) is 1.74. The van der Waals surface area contributed by atoms with Crippen LogP contribution in [0, 0.1) is 0 Å². The highest BCUT2D eigenvalue weighted by Gasteiger charge is 2.42. The summed E-state index contributed by atoms with van der Waals surface area (Å²) in [7, 11) is 5.20. The van der Waals surface area contributed by atoms with Gasteiger partial charge in [0.05, 0.1) is 12.7 Å². The normalized spacial score (nSPS) is 39.6. The van der Waals surface area contributed by atoms with Crippen LogP contribution in [0.15, 0.2) is 0 Å². The summed E-state index contributed by atoms with van der Waals surface area (Å²) in [5.74, 6) is 0. The largest absolute Gasteiger partial charge is 0.387 e. The molecule has 1 aliphatic rings. The zero-order chi connectivity index (χ0) is 9.84. The van der Waals surface area contributed by atoms with Crippen molar-refractivity contribution in [2.75, 3.05) is 20.8 Å². The molecule has 1 saturated heterocycles. The van der Waals surface area contributed by atoms with Crippen LogP contribution in [-0.4, -0.2) is 58.2 Å². The van der Waals surface area contributed by atoms with Gasteiger partial charge in [0, 0.05) is 14.2 Å². The first kappa shape index (κ1) is 11.0. The number of aliphatic hydroxyl groups is 1. The topological polar surface area (TPSA) is 47.9 Å². The number of hydrogen-bond acceptors (Lipinski definition) is 4. The van der Waals surface area contributed by atoms with Gasteiger partial charge >= 0.3 is 0 Å². The highest BCUT2D eigenvalue weighted by Crippen LogP contribution is 2.25. The Bertz CT molecular complexity index is 155. The van der Waals surface area contributed by atoms with Crippen molar-refractivity contribution in [3.8, 4) is 0 Å². The predicted molar refractivity (Wildman–Crippen MR) is 50.7 cm³/mol. The van der Waals surface area contributed by atoms with Gasteiger partial charge in [0.1, 0.15) is 26.2 Å². The third kappa shape index (κ3) is 2.23. The molecule has 0 amide bonds. The number of methoxy groups -OCH3 is 2. The zero-order valence-electron chi connectivity index (χ0n) is 8.40. The van der Waals surface area contributed by atoms with Gasteiger partial charge in [-0.1, -0.05) is 6.32 Å². The average molecular weight is 188 g/mol. The van der Waals surface area contributed by atoms with Crippen LogP contribution in [0.3, 0.4) is 0 Å². The van der Waals surface area contributed by atoms with Gasteiger partial charge in [-0.05, 0) is 0 Å². The molecule has 0 bridgehead atoms. The van der Waals surface area contributed by atoms with Crippen molar-refractivity contribution in [1.29, 1.82) is 0 Å². The predicted octanol–water partition coefficient (Wildman–Crippen LogP) is -1.17. The minimum absolute atomic E-state index is 0.0138. The lowest BCUT2D eigenvalue weighted by Crippen LogP contribution is -2.35. The summed E-state index contributed by atoms with van der Waals surface area (Å²) in [5, 5.41) is 9.75. The Morgan fingerprint density at radius 2 is 2.08 bits per heavy atom. The molecule has 0 saturated carbocycles. The van der Waals surface area contributed by atoms with E-state index < -0.39 is 6.10 Å². The van der Waals surface area contributed by atoms with E-state index in [1.165, 1.54) is 0 Å². The maximum Gasteiger partial charge on any atom is 0.111 e. The third-order valence-electron chi connectivity index (χ3n) is 2.44. The highest BCUT2D eigenvalue weighted by atomic mass is 16.6. The van der Waals surface area contributed by atoms with Gasteiger partial charge < -0.3 is 19.3 Å². The molecule has 1 aliphatic heterocycles. The van der Waals surface area contributed by atoms with Crippen molar-refractivity contribution in [1.82, 2.24) is 0 Å². The van der Waals surface area contributed by atoms with Crippen LogP contribution in [-0.2, 0) is 14.2 Å². The lowest BCUT2D eigenvalue weighted by atomic mass is 9.94. The molecule has 4 nitrogen and oxygen atoms in total. The average Bonchev–Trinajstić information content (AvgIpc) is 2.44. The van der Waals surface area contributed by atoms with E-state index in [9.17, 15) is 5.11 Å². The van der Waals surface area contributed by atoms with Gasteiger partial charge in [0.25, 0.3) is 0 Å². The Balaban J connectivity index is 2.54. The second-order valence-corrected chi connectivity index (χ2v) is 3.27. The fourth-order valence-electron chi connectivity index (χ4n) is 1.74. The Labute approximate surface area is 79.6 Å². The SMILES string of the molecule is BCC1OC(COC)C(O)C1OC. The molecule has 13 heavy (non-hydrogen) atoms. The highest BCUT2D eigenvalue weighted by molar-refractivity contribution is 6.08. The summed E-state index contributed by atoms with van der Waals surface area (Å²) < 4.78 is 15.7. The van der Waals surface area contributed by atoms with E-state index in [1.807, 2.05) is 7.85 Å². The quantitative estimate of drug-likeness (QED) is 0.564. The third-order valence-corrected chi connectivity index (χ3v) is 2.44. The van der Waals surface area contributed by atoms with Gasteiger partial charge in [0.2, 0.25) is 0 Å². The molecule has 0 aliphatic carbocycles. The van der Waals surface area contributed by atoms with Crippen LogP contribution >= 0.6 is 0 Å². The van der Waals surface area contributed by atoms with Crippen molar-refractivity contribution in [2.45, 2.75) is 30.7 Å². The fraction of sp³-hybridized carbons (Fsp3) is 1.00. The standard InChI is InChI=1S/C8H17BO4/c1-11-4-6-7(10)8(12-2)5(3-9)13-6/h5-8,10H,3-4,9H2,1-2H3. The second kappa shape index (κ2) is 4.95. The zero-order valence-corrected chi connectivity index (χ0v) is 8.40. The Kier molecular flexibility index (Phi) is 4.19. The van der Waals surface area contributed by atoms with E-state index in [1.54, 1.807) is 14.2 Å². The molecule has 0 aromatic rings. The first-order valence-electron chi connectivity index (χ1n) is 4.59. The lowest BCUT2D eigenvalue weighted by molar-refractivity contribution is -0.0291. The van der Waals surface area contributed by atoms with Crippen LogP contribution in [0.2, 0.25) is 6.32 Å². The summed E-state index contributed by atoms with van der Waals surface area (Å²) in [6.07, 6.45) is -0.212. The Morgan fingerprint density at radius 3 is 2.46 bits per heavy atom. The molecule has 4 unspecified atom stereocenters. The molecule has 1 fully saturated rings. The van der Waals surface area contributed by atoms with Crippen molar-refractivity contribution < 1.29 is 19.3 Å². The van der Waals surface area contributed by atoms with Crippen LogP contribution in [0.5, 0.6) is 0 Å². The molecule has 0 aromatic heterocycles. The van der Waals surface area contributed by atoms with E-state index >= 15 is 0 Å². The second-order valence-electron chi connectivity index (χ2n) is 3.27. The minimum Gasteiger partial charge on any atom is -0.387 e. The first-order chi connectivity index (χ1) is 6.24. The van der Waals surface area contributed by atoms with E-state index in [4.69, 9.17) is 14.2 Å². The van der Waals surface area contributed by atoms with Gasteiger partial charge in [-0.25, -0.2) is 0 Å². The maximum absolute atomic E-state index is 9.75. The minimum atomic E-state index is -0.574. The number of hydrogen-bond donors (Lipinski definition) is 1. The molecule has 76 valence electrons.